The van der Waals surface area contributed by atoms with Gasteiger partial charge >= 0.3 is 0 Å². The van der Waals surface area contributed by atoms with E-state index >= 15 is 0 Å². The number of aromatic nitrogens is 1. The Balaban J connectivity index is 1.70. The zero-order chi connectivity index (χ0) is 17.2. The van der Waals surface area contributed by atoms with Crippen molar-refractivity contribution in [1.82, 2.24) is 9.88 Å². The molecule has 2 heterocycles. The Bertz CT molecular complexity index is 908. The van der Waals surface area contributed by atoms with Crippen molar-refractivity contribution in [3.05, 3.63) is 95.2 Å². The second kappa shape index (κ2) is 6.40. The van der Waals surface area contributed by atoms with Gasteiger partial charge in [0.25, 0.3) is 5.91 Å². The van der Waals surface area contributed by atoms with Gasteiger partial charge in [0, 0.05) is 23.9 Å². The average molecular weight is 329 g/mol. The highest BCUT2D eigenvalue weighted by Crippen LogP contribution is 2.35. The topological polar surface area (TPSA) is 45.2 Å². The van der Waals surface area contributed by atoms with Gasteiger partial charge in [0.15, 0.2) is 0 Å². The maximum atomic E-state index is 12.9. The Hall–Kier alpha value is -3.14. The van der Waals surface area contributed by atoms with Crippen molar-refractivity contribution in [2.75, 3.05) is 5.32 Å². The van der Waals surface area contributed by atoms with Crippen LogP contribution in [0.1, 0.15) is 33.2 Å². The van der Waals surface area contributed by atoms with E-state index in [2.05, 4.69) is 10.3 Å². The zero-order valence-corrected chi connectivity index (χ0v) is 14.0. The molecule has 0 saturated carbocycles. The summed E-state index contributed by atoms with van der Waals surface area (Å²) in [5.41, 5.74) is 3.98. The van der Waals surface area contributed by atoms with Crippen LogP contribution in [0.4, 0.5) is 5.82 Å². The van der Waals surface area contributed by atoms with E-state index in [1.165, 1.54) is 0 Å². The number of nitrogens with one attached hydrogen (secondary N) is 1. The lowest BCUT2D eigenvalue weighted by Gasteiger charge is -2.27. The van der Waals surface area contributed by atoms with Crippen LogP contribution in [-0.2, 0) is 6.54 Å². The normalized spacial score (nSPS) is 16.0. The van der Waals surface area contributed by atoms with Gasteiger partial charge in [0.1, 0.15) is 12.0 Å². The lowest BCUT2D eigenvalue weighted by atomic mass is 10.1. The Labute approximate surface area is 147 Å². The molecule has 0 saturated heterocycles. The summed E-state index contributed by atoms with van der Waals surface area (Å²) < 4.78 is 0. The maximum absolute atomic E-state index is 12.9. The molecule has 1 aromatic heterocycles. The lowest BCUT2D eigenvalue weighted by molar-refractivity contribution is 0.0728. The van der Waals surface area contributed by atoms with Gasteiger partial charge < -0.3 is 10.2 Å². The lowest BCUT2D eigenvalue weighted by Crippen LogP contribution is -2.32. The Morgan fingerprint density at radius 1 is 1.04 bits per heavy atom. The molecule has 0 unspecified atom stereocenters. The van der Waals surface area contributed by atoms with Crippen molar-refractivity contribution in [3.63, 3.8) is 0 Å². The Kier molecular flexibility index (Phi) is 3.94. The SMILES string of the molecule is Cc1ccnc(N[C@H]2c3ccccc3C(=O)N2Cc2ccccc2)c1. The smallest absolute Gasteiger partial charge is 0.256 e. The highest BCUT2D eigenvalue weighted by atomic mass is 16.2. The van der Waals surface area contributed by atoms with Gasteiger partial charge in [-0.25, -0.2) is 4.98 Å². The van der Waals surface area contributed by atoms with E-state index in [1.54, 1.807) is 6.20 Å². The minimum Gasteiger partial charge on any atom is -0.346 e. The van der Waals surface area contributed by atoms with Crippen molar-refractivity contribution in [3.8, 4) is 0 Å². The molecule has 2 aromatic carbocycles. The van der Waals surface area contributed by atoms with E-state index in [0.717, 1.165) is 28.1 Å². The van der Waals surface area contributed by atoms with Gasteiger partial charge in [-0.05, 0) is 36.2 Å². The van der Waals surface area contributed by atoms with Gasteiger partial charge in [-0.15, -0.1) is 0 Å². The molecule has 1 amide bonds. The highest BCUT2D eigenvalue weighted by molar-refractivity contribution is 5.99. The molecule has 0 fully saturated rings. The maximum Gasteiger partial charge on any atom is 0.256 e. The van der Waals surface area contributed by atoms with Gasteiger partial charge in [-0.1, -0.05) is 48.5 Å². The van der Waals surface area contributed by atoms with E-state index in [1.807, 2.05) is 78.6 Å². The number of rotatable bonds is 4. The molecule has 0 radical (unpaired) electrons. The summed E-state index contributed by atoms with van der Waals surface area (Å²) in [4.78, 5) is 19.2. The number of carbonyl (C=O) groups excluding carboxylic acids is 1. The first-order valence-corrected chi connectivity index (χ1v) is 8.35. The van der Waals surface area contributed by atoms with Crippen LogP contribution in [0.2, 0.25) is 0 Å². The number of fused-ring (bicyclic) bond motifs is 1. The molecule has 0 bridgehead atoms. The molecular formula is C21H19N3O. The third-order valence-corrected chi connectivity index (χ3v) is 4.45. The zero-order valence-electron chi connectivity index (χ0n) is 14.0. The molecule has 1 atom stereocenters. The number of pyridine rings is 1. The fourth-order valence-electron chi connectivity index (χ4n) is 3.22. The number of benzene rings is 2. The molecule has 4 nitrogen and oxygen atoms in total. The number of hydrogen-bond donors (Lipinski definition) is 1. The van der Waals surface area contributed by atoms with E-state index in [4.69, 9.17) is 0 Å². The van der Waals surface area contributed by atoms with Crippen LogP contribution >= 0.6 is 0 Å². The van der Waals surface area contributed by atoms with E-state index in [-0.39, 0.29) is 12.1 Å². The van der Waals surface area contributed by atoms with Gasteiger partial charge in [0.2, 0.25) is 0 Å². The molecule has 0 aliphatic carbocycles. The summed E-state index contributed by atoms with van der Waals surface area (Å²) in [5.74, 6) is 0.817. The number of carbonyl (C=O) groups is 1. The molecule has 3 aromatic rings. The predicted molar refractivity (Wildman–Crippen MR) is 98.1 cm³/mol. The monoisotopic (exact) mass is 329 g/mol. The standard InChI is InChI=1S/C21H19N3O/c1-15-11-12-22-19(13-15)23-20-17-9-5-6-10-18(17)21(25)24(20)14-16-7-3-2-4-8-16/h2-13,20H,14H2,1H3,(H,22,23)/t20-/m1/s1. The first kappa shape index (κ1) is 15.4. The second-order valence-corrected chi connectivity index (χ2v) is 6.27. The Morgan fingerprint density at radius 3 is 2.60 bits per heavy atom. The number of aryl methyl sites for hydroxylation is 1. The van der Waals surface area contributed by atoms with Crippen LogP contribution in [0.3, 0.4) is 0 Å². The third-order valence-electron chi connectivity index (χ3n) is 4.45. The van der Waals surface area contributed by atoms with Crippen LogP contribution in [0.25, 0.3) is 0 Å². The van der Waals surface area contributed by atoms with Crippen LogP contribution in [-0.4, -0.2) is 15.8 Å². The van der Waals surface area contributed by atoms with Gasteiger partial charge in [-0.2, -0.15) is 0 Å². The highest BCUT2D eigenvalue weighted by Gasteiger charge is 2.36. The van der Waals surface area contributed by atoms with Crippen molar-refractivity contribution in [2.45, 2.75) is 19.6 Å². The Morgan fingerprint density at radius 2 is 1.80 bits per heavy atom. The molecule has 124 valence electrons. The summed E-state index contributed by atoms with van der Waals surface area (Å²) in [6.07, 6.45) is 1.56. The summed E-state index contributed by atoms with van der Waals surface area (Å²) in [6, 6.07) is 21.8. The fraction of sp³-hybridized carbons (Fsp3) is 0.143. The number of amides is 1. The molecule has 4 heteroatoms. The first-order chi connectivity index (χ1) is 12.2. The van der Waals surface area contributed by atoms with Crippen molar-refractivity contribution < 1.29 is 4.79 Å². The molecule has 1 N–H and O–H groups in total. The summed E-state index contributed by atoms with van der Waals surface area (Å²) in [5, 5.41) is 3.43. The van der Waals surface area contributed by atoms with Crippen LogP contribution < -0.4 is 5.32 Å². The van der Waals surface area contributed by atoms with Crippen LogP contribution in [0.15, 0.2) is 72.9 Å². The summed E-state index contributed by atoms with van der Waals surface area (Å²) in [7, 11) is 0. The molecule has 4 rings (SSSR count). The van der Waals surface area contributed by atoms with E-state index < -0.39 is 0 Å². The molecular weight excluding hydrogens is 310 g/mol. The summed E-state index contributed by atoms with van der Waals surface area (Å²) >= 11 is 0. The molecule has 25 heavy (non-hydrogen) atoms. The van der Waals surface area contributed by atoms with Crippen molar-refractivity contribution in [1.29, 1.82) is 0 Å². The fourth-order valence-corrected chi connectivity index (χ4v) is 3.22. The van der Waals surface area contributed by atoms with Gasteiger partial charge in [0.05, 0.1) is 0 Å². The van der Waals surface area contributed by atoms with Crippen molar-refractivity contribution >= 4 is 11.7 Å². The van der Waals surface area contributed by atoms with Crippen LogP contribution in [0, 0.1) is 6.92 Å². The minimum atomic E-state index is -0.224. The summed E-state index contributed by atoms with van der Waals surface area (Å²) in [6.45, 7) is 2.58. The van der Waals surface area contributed by atoms with Gasteiger partial charge in [-0.3, -0.25) is 4.79 Å². The number of nitrogens with zero attached hydrogens (tertiary/aromatic N) is 2. The predicted octanol–water partition coefficient (Wildman–Crippen LogP) is 4.16. The first-order valence-electron chi connectivity index (χ1n) is 8.35. The third kappa shape index (κ3) is 2.98. The average Bonchev–Trinajstić information content (AvgIpc) is 2.89. The largest absolute Gasteiger partial charge is 0.346 e. The quantitative estimate of drug-likeness (QED) is 0.782. The molecule has 1 aliphatic rings. The number of hydrogen-bond acceptors (Lipinski definition) is 3. The number of anilines is 1. The minimum absolute atomic E-state index is 0.0459. The van der Waals surface area contributed by atoms with Crippen molar-refractivity contribution in [2.24, 2.45) is 0 Å². The molecule has 1 aliphatic heterocycles. The molecule has 0 spiro atoms. The van der Waals surface area contributed by atoms with E-state index in [0.29, 0.717) is 6.54 Å². The second-order valence-electron chi connectivity index (χ2n) is 6.27. The van der Waals surface area contributed by atoms with E-state index in [9.17, 15) is 4.79 Å². The van der Waals surface area contributed by atoms with Crippen LogP contribution in [0.5, 0.6) is 0 Å².